The van der Waals surface area contributed by atoms with Crippen LogP contribution in [0, 0.1) is 5.92 Å². The van der Waals surface area contributed by atoms with Gasteiger partial charge in [0.25, 0.3) is 0 Å². The zero-order valence-electron chi connectivity index (χ0n) is 8.62. The zero-order valence-corrected chi connectivity index (χ0v) is 8.62. The van der Waals surface area contributed by atoms with E-state index < -0.39 is 12.2 Å². The zero-order chi connectivity index (χ0) is 10.6. The lowest BCUT2D eigenvalue weighted by molar-refractivity contribution is -0.166. The maximum Gasteiger partial charge on any atom is 0.318 e. The first-order valence-corrected chi connectivity index (χ1v) is 4.78. The Morgan fingerprint density at radius 3 is 2.86 bits per heavy atom. The molecule has 0 aromatic heterocycles. The fraction of sp³-hybridized carbons (Fsp3) is 0.700. The van der Waals surface area contributed by atoms with Gasteiger partial charge in [-0.15, -0.1) is 0 Å². The fourth-order valence-electron chi connectivity index (χ4n) is 1.39. The van der Waals surface area contributed by atoms with Crippen LogP contribution in [0.2, 0.25) is 0 Å². The molecule has 0 aromatic carbocycles. The van der Waals surface area contributed by atoms with Gasteiger partial charge in [-0.05, 0) is 19.4 Å². The summed E-state index contributed by atoms with van der Waals surface area (Å²) in [6.45, 7) is 8.63. The van der Waals surface area contributed by atoms with Gasteiger partial charge < -0.3 is 14.2 Å². The third kappa shape index (κ3) is 2.33. The number of carbonyl (C=O) groups excluding carboxylic acids is 1. The number of hydrogen-bond donors (Lipinski definition) is 0. The summed E-state index contributed by atoms with van der Waals surface area (Å²) >= 11 is 0. The summed E-state index contributed by atoms with van der Waals surface area (Å²) < 4.78 is 15.4. The Balaban J connectivity index is 2.61. The predicted molar refractivity (Wildman–Crippen MR) is 50.6 cm³/mol. The van der Waals surface area contributed by atoms with Crippen LogP contribution in [0.1, 0.15) is 13.8 Å². The normalized spacial score (nSPS) is 26.6. The standard InChI is InChI=1S/C10H16O4/c1-4-12-9(11)8-7(3)6-14-10(8)13-5-2/h8,10H,3-6H2,1-2H3/t8-,10+/m0/s1. The van der Waals surface area contributed by atoms with Crippen LogP contribution in [0.3, 0.4) is 0 Å². The average Bonchev–Trinajstić information content (AvgIpc) is 2.48. The maximum absolute atomic E-state index is 11.5. The highest BCUT2D eigenvalue weighted by atomic mass is 16.7. The van der Waals surface area contributed by atoms with Gasteiger partial charge in [-0.1, -0.05) is 6.58 Å². The summed E-state index contributed by atoms with van der Waals surface area (Å²) in [7, 11) is 0. The number of ether oxygens (including phenoxy) is 3. The smallest absolute Gasteiger partial charge is 0.318 e. The number of carbonyl (C=O) groups is 1. The summed E-state index contributed by atoms with van der Waals surface area (Å²) in [6, 6.07) is 0. The lowest BCUT2D eigenvalue weighted by Gasteiger charge is -2.16. The first kappa shape index (κ1) is 11.2. The number of rotatable bonds is 4. The topological polar surface area (TPSA) is 44.8 Å². The molecule has 0 radical (unpaired) electrons. The molecule has 0 bridgehead atoms. The molecule has 0 saturated carbocycles. The van der Waals surface area contributed by atoms with Crippen molar-refractivity contribution in [1.29, 1.82) is 0 Å². The molecule has 0 unspecified atom stereocenters. The molecule has 0 aromatic rings. The largest absolute Gasteiger partial charge is 0.465 e. The van der Waals surface area contributed by atoms with Gasteiger partial charge in [-0.25, -0.2) is 0 Å². The van der Waals surface area contributed by atoms with Crippen molar-refractivity contribution >= 4 is 5.97 Å². The molecule has 0 N–H and O–H groups in total. The molecule has 0 aliphatic carbocycles. The molecule has 14 heavy (non-hydrogen) atoms. The Labute approximate surface area is 83.8 Å². The molecule has 1 aliphatic heterocycles. The highest BCUT2D eigenvalue weighted by Crippen LogP contribution is 2.27. The lowest BCUT2D eigenvalue weighted by Crippen LogP contribution is -2.29. The van der Waals surface area contributed by atoms with Crippen molar-refractivity contribution < 1.29 is 19.0 Å². The summed E-state index contributed by atoms with van der Waals surface area (Å²) in [5.41, 5.74) is 0.724. The second-order valence-electron chi connectivity index (χ2n) is 3.02. The van der Waals surface area contributed by atoms with Crippen molar-refractivity contribution in [2.45, 2.75) is 20.1 Å². The number of hydrogen-bond acceptors (Lipinski definition) is 4. The molecular weight excluding hydrogens is 184 g/mol. The van der Waals surface area contributed by atoms with Gasteiger partial charge in [0.15, 0.2) is 6.29 Å². The second-order valence-corrected chi connectivity index (χ2v) is 3.02. The van der Waals surface area contributed by atoms with Gasteiger partial charge in [0.1, 0.15) is 5.92 Å². The minimum atomic E-state index is -0.522. The van der Waals surface area contributed by atoms with E-state index in [0.717, 1.165) is 5.57 Å². The summed E-state index contributed by atoms with van der Waals surface area (Å²) in [6.07, 6.45) is -0.522. The summed E-state index contributed by atoms with van der Waals surface area (Å²) in [5.74, 6) is -0.775. The minimum absolute atomic E-state index is 0.312. The fourth-order valence-corrected chi connectivity index (χ4v) is 1.39. The molecule has 0 spiro atoms. The van der Waals surface area contributed by atoms with Crippen LogP contribution in [0.5, 0.6) is 0 Å². The highest BCUT2D eigenvalue weighted by Gasteiger charge is 2.38. The van der Waals surface area contributed by atoms with Gasteiger partial charge in [0, 0.05) is 6.61 Å². The van der Waals surface area contributed by atoms with E-state index in [1.54, 1.807) is 6.92 Å². The molecule has 1 heterocycles. The van der Waals surface area contributed by atoms with Crippen LogP contribution in [0.15, 0.2) is 12.2 Å². The van der Waals surface area contributed by atoms with E-state index in [0.29, 0.717) is 19.8 Å². The van der Waals surface area contributed by atoms with E-state index in [4.69, 9.17) is 14.2 Å². The van der Waals surface area contributed by atoms with Crippen molar-refractivity contribution in [2.75, 3.05) is 19.8 Å². The quantitative estimate of drug-likeness (QED) is 0.504. The van der Waals surface area contributed by atoms with Crippen molar-refractivity contribution in [3.8, 4) is 0 Å². The monoisotopic (exact) mass is 200 g/mol. The highest BCUT2D eigenvalue weighted by molar-refractivity contribution is 5.76. The van der Waals surface area contributed by atoms with Crippen LogP contribution in [-0.4, -0.2) is 32.1 Å². The molecule has 0 amide bonds. The van der Waals surface area contributed by atoms with Gasteiger partial charge in [-0.2, -0.15) is 0 Å². The van der Waals surface area contributed by atoms with Crippen molar-refractivity contribution in [3.63, 3.8) is 0 Å². The SMILES string of the molecule is C=C1CO[C@@H](OCC)[C@@H]1C(=O)OCC. The van der Waals surface area contributed by atoms with E-state index in [-0.39, 0.29) is 5.97 Å². The first-order valence-electron chi connectivity index (χ1n) is 4.78. The molecule has 80 valence electrons. The first-order chi connectivity index (χ1) is 6.70. The number of esters is 1. The Kier molecular flexibility index (Phi) is 4.10. The van der Waals surface area contributed by atoms with Gasteiger partial charge in [0.05, 0.1) is 13.2 Å². The summed E-state index contributed by atoms with van der Waals surface area (Å²) in [4.78, 5) is 11.5. The molecule has 1 aliphatic rings. The molecule has 4 heteroatoms. The Bertz CT molecular complexity index is 224. The van der Waals surface area contributed by atoms with Crippen LogP contribution in [0.25, 0.3) is 0 Å². The van der Waals surface area contributed by atoms with Crippen LogP contribution < -0.4 is 0 Å². The Hall–Kier alpha value is -0.870. The molecule has 1 rings (SSSR count). The summed E-state index contributed by atoms with van der Waals surface area (Å²) in [5, 5.41) is 0. The molecular formula is C10H16O4. The van der Waals surface area contributed by atoms with Crippen molar-refractivity contribution in [2.24, 2.45) is 5.92 Å². The van der Waals surface area contributed by atoms with E-state index in [1.807, 2.05) is 6.92 Å². The van der Waals surface area contributed by atoms with E-state index in [9.17, 15) is 4.79 Å². The molecule has 1 fully saturated rings. The van der Waals surface area contributed by atoms with E-state index in [1.165, 1.54) is 0 Å². The Morgan fingerprint density at radius 2 is 2.29 bits per heavy atom. The second kappa shape index (κ2) is 5.12. The van der Waals surface area contributed by atoms with Crippen LogP contribution >= 0.6 is 0 Å². The van der Waals surface area contributed by atoms with Gasteiger partial charge in [0.2, 0.25) is 0 Å². The predicted octanol–water partition coefficient (Wildman–Crippen LogP) is 1.11. The minimum Gasteiger partial charge on any atom is -0.465 e. The lowest BCUT2D eigenvalue weighted by atomic mass is 10.0. The van der Waals surface area contributed by atoms with Gasteiger partial charge >= 0.3 is 5.97 Å². The van der Waals surface area contributed by atoms with Crippen molar-refractivity contribution in [1.82, 2.24) is 0 Å². The van der Waals surface area contributed by atoms with Crippen molar-refractivity contribution in [3.05, 3.63) is 12.2 Å². The molecule has 1 saturated heterocycles. The Morgan fingerprint density at radius 1 is 1.57 bits per heavy atom. The van der Waals surface area contributed by atoms with Crippen LogP contribution in [-0.2, 0) is 19.0 Å². The molecule has 2 atom stereocenters. The third-order valence-corrected chi connectivity index (χ3v) is 2.02. The van der Waals surface area contributed by atoms with Crippen LogP contribution in [0.4, 0.5) is 0 Å². The third-order valence-electron chi connectivity index (χ3n) is 2.02. The van der Waals surface area contributed by atoms with E-state index in [2.05, 4.69) is 6.58 Å². The van der Waals surface area contributed by atoms with Gasteiger partial charge in [-0.3, -0.25) is 4.79 Å². The maximum atomic E-state index is 11.5. The molecule has 4 nitrogen and oxygen atoms in total. The average molecular weight is 200 g/mol. The van der Waals surface area contributed by atoms with E-state index >= 15 is 0 Å².